The first-order valence-corrected chi connectivity index (χ1v) is 5.16. The van der Waals surface area contributed by atoms with Gasteiger partial charge < -0.3 is 4.98 Å². The van der Waals surface area contributed by atoms with Crippen LogP contribution in [0, 0.1) is 0 Å². The normalized spacial score (nSPS) is 10.5. The van der Waals surface area contributed by atoms with Crippen LogP contribution in [0.5, 0.6) is 0 Å². The number of aromatic nitrogens is 2. The average Bonchev–Trinajstić information content (AvgIpc) is 2.66. The predicted molar refractivity (Wildman–Crippen MR) is 60.4 cm³/mol. The molecule has 0 radical (unpaired) electrons. The Bertz CT molecular complexity index is 479. The Morgan fingerprint density at radius 1 is 1.27 bits per heavy atom. The Balaban J connectivity index is 2.32. The summed E-state index contributed by atoms with van der Waals surface area (Å²) in [5.74, 6) is 0. The third kappa shape index (κ3) is 2.01. The van der Waals surface area contributed by atoms with Crippen molar-refractivity contribution in [2.24, 2.45) is 0 Å². The van der Waals surface area contributed by atoms with Crippen molar-refractivity contribution >= 4 is 0 Å². The number of benzene rings is 1. The highest BCUT2D eigenvalue weighted by molar-refractivity contribution is 5.34. The Morgan fingerprint density at radius 2 is 2.00 bits per heavy atom. The van der Waals surface area contributed by atoms with E-state index in [-0.39, 0.29) is 5.69 Å². The fraction of sp³-hybridized carbons (Fsp3) is 0.250. The zero-order valence-electron chi connectivity index (χ0n) is 8.73. The summed E-state index contributed by atoms with van der Waals surface area (Å²) in [4.78, 5) is 14.0. The quantitative estimate of drug-likeness (QED) is 0.813. The fourth-order valence-corrected chi connectivity index (χ4v) is 1.64. The molecule has 0 saturated heterocycles. The third-order valence-electron chi connectivity index (χ3n) is 2.40. The zero-order valence-corrected chi connectivity index (χ0v) is 8.73. The molecule has 0 unspecified atom stereocenters. The predicted octanol–water partition coefficient (Wildman–Crippen LogP) is 2.12. The summed E-state index contributed by atoms with van der Waals surface area (Å²) in [5, 5.41) is 0. The molecule has 0 spiro atoms. The Morgan fingerprint density at radius 3 is 2.53 bits per heavy atom. The molecular formula is C12H14N2O. The molecule has 2 aromatic rings. The number of nitrogens with zero attached hydrogens (tertiary/aromatic N) is 1. The van der Waals surface area contributed by atoms with Crippen molar-refractivity contribution in [2.45, 2.75) is 19.8 Å². The highest BCUT2D eigenvalue weighted by Crippen LogP contribution is 2.08. The molecule has 1 aromatic heterocycles. The van der Waals surface area contributed by atoms with E-state index >= 15 is 0 Å². The molecule has 3 heteroatoms. The summed E-state index contributed by atoms with van der Waals surface area (Å²) in [5.41, 5.74) is 2.11. The second-order valence-corrected chi connectivity index (χ2v) is 3.55. The first-order valence-electron chi connectivity index (χ1n) is 5.16. The van der Waals surface area contributed by atoms with Crippen LogP contribution >= 0.6 is 0 Å². The highest BCUT2D eigenvalue weighted by Gasteiger charge is 1.99. The van der Waals surface area contributed by atoms with Crippen molar-refractivity contribution in [2.75, 3.05) is 0 Å². The molecule has 0 fully saturated rings. The van der Waals surface area contributed by atoms with Crippen molar-refractivity contribution < 1.29 is 0 Å². The topological polar surface area (TPSA) is 37.8 Å². The number of aryl methyl sites for hydroxylation is 1. The van der Waals surface area contributed by atoms with Gasteiger partial charge in [0.15, 0.2) is 0 Å². The van der Waals surface area contributed by atoms with Gasteiger partial charge in [-0.05, 0) is 24.1 Å². The molecule has 0 amide bonds. The van der Waals surface area contributed by atoms with Gasteiger partial charge in [0.05, 0.1) is 5.69 Å². The number of nitrogens with one attached hydrogen (secondary N) is 1. The molecule has 1 heterocycles. The molecule has 0 aliphatic rings. The number of rotatable bonds is 3. The van der Waals surface area contributed by atoms with Gasteiger partial charge in [-0.2, -0.15) is 0 Å². The molecule has 1 N–H and O–H groups in total. The number of H-pyrrole nitrogens is 1. The summed E-state index contributed by atoms with van der Waals surface area (Å²) in [7, 11) is 0. The van der Waals surface area contributed by atoms with E-state index in [2.05, 4.69) is 24.0 Å². The van der Waals surface area contributed by atoms with Crippen LogP contribution in [-0.4, -0.2) is 9.55 Å². The van der Waals surface area contributed by atoms with Crippen molar-refractivity contribution in [1.29, 1.82) is 0 Å². The summed E-state index contributed by atoms with van der Waals surface area (Å²) in [6.07, 6.45) is 5.60. The molecule has 0 aliphatic carbocycles. The van der Waals surface area contributed by atoms with Crippen LogP contribution in [0.15, 0.2) is 41.5 Å². The van der Waals surface area contributed by atoms with Crippen LogP contribution in [0.25, 0.3) is 5.69 Å². The maximum atomic E-state index is 11.3. The highest BCUT2D eigenvalue weighted by atomic mass is 16.1. The third-order valence-corrected chi connectivity index (χ3v) is 2.40. The second-order valence-electron chi connectivity index (χ2n) is 3.55. The minimum Gasteiger partial charge on any atom is -0.312 e. The van der Waals surface area contributed by atoms with Gasteiger partial charge in [0, 0.05) is 12.4 Å². The number of imidazole rings is 1. The maximum absolute atomic E-state index is 11.3. The molecule has 15 heavy (non-hydrogen) atoms. The zero-order chi connectivity index (χ0) is 10.7. The second kappa shape index (κ2) is 4.17. The molecular weight excluding hydrogens is 188 g/mol. The van der Waals surface area contributed by atoms with E-state index in [0.29, 0.717) is 0 Å². The summed E-state index contributed by atoms with van der Waals surface area (Å²) in [6, 6.07) is 8.08. The van der Waals surface area contributed by atoms with Gasteiger partial charge >= 0.3 is 5.69 Å². The molecule has 0 aliphatic heterocycles. The van der Waals surface area contributed by atoms with Gasteiger partial charge in [-0.15, -0.1) is 0 Å². The lowest BCUT2D eigenvalue weighted by molar-refractivity contribution is 0.917. The van der Waals surface area contributed by atoms with Crippen LogP contribution in [0.3, 0.4) is 0 Å². The summed E-state index contributed by atoms with van der Waals surface area (Å²) < 4.78 is 1.59. The fourth-order valence-electron chi connectivity index (χ4n) is 1.64. The van der Waals surface area contributed by atoms with E-state index in [0.717, 1.165) is 18.5 Å². The lowest BCUT2D eigenvalue weighted by Crippen LogP contribution is -2.13. The molecule has 1 aromatic carbocycles. The SMILES string of the molecule is CCCc1ccc(-n2cc[nH]c2=O)cc1. The molecule has 3 nitrogen and oxygen atoms in total. The van der Waals surface area contributed by atoms with Gasteiger partial charge in [0.2, 0.25) is 0 Å². The molecule has 0 atom stereocenters. The lowest BCUT2D eigenvalue weighted by atomic mass is 10.1. The minimum atomic E-state index is -0.0989. The van der Waals surface area contributed by atoms with Gasteiger partial charge in [0.25, 0.3) is 0 Å². The van der Waals surface area contributed by atoms with E-state index in [9.17, 15) is 4.79 Å². The number of aromatic amines is 1. The monoisotopic (exact) mass is 202 g/mol. The summed E-state index contributed by atoms with van der Waals surface area (Å²) >= 11 is 0. The molecule has 0 bridgehead atoms. The smallest absolute Gasteiger partial charge is 0.312 e. The lowest BCUT2D eigenvalue weighted by Gasteiger charge is -2.02. The Labute approximate surface area is 88.4 Å². The van der Waals surface area contributed by atoms with Crippen LogP contribution in [0.2, 0.25) is 0 Å². The van der Waals surface area contributed by atoms with Crippen molar-refractivity contribution in [3.8, 4) is 5.69 Å². The largest absolute Gasteiger partial charge is 0.330 e. The van der Waals surface area contributed by atoms with E-state index in [1.165, 1.54) is 5.56 Å². The van der Waals surface area contributed by atoms with Crippen LogP contribution in [-0.2, 0) is 6.42 Å². The van der Waals surface area contributed by atoms with Crippen molar-refractivity contribution in [3.63, 3.8) is 0 Å². The first-order chi connectivity index (χ1) is 7.31. The number of hydrogen-bond acceptors (Lipinski definition) is 1. The van der Waals surface area contributed by atoms with E-state index in [4.69, 9.17) is 0 Å². The van der Waals surface area contributed by atoms with Gasteiger partial charge in [-0.25, -0.2) is 4.79 Å². The van der Waals surface area contributed by atoms with Crippen molar-refractivity contribution in [1.82, 2.24) is 9.55 Å². The number of hydrogen-bond donors (Lipinski definition) is 1. The van der Waals surface area contributed by atoms with E-state index in [1.807, 2.05) is 12.1 Å². The molecule has 2 rings (SSSR count). The maximum Gasteiger partial charge on any atom is 0.330 e. The summed E-state index contributed by atoms with van der Waals surface area (Å²) in [6.45, 7) is 2.16. The van der Waals surface area contributed by atoms with Crippen molar-refractivity contribution in [3.05, 3.63) is 52.7 Å². The van der Waals surface area contributed by atoms with E-state index < -0.39 is 0 Å². The molecule has 0 saturated carbocycles. The minimum absolute atomic E-state index is 0.0989. The van der Waals surface area contributed by atoms with Crippen LogP contribution < -0.4 is 5.69 Å². The molecule has 78 valence electrons. The van der Waals surface area contributed by atoms with Gasteiger partial charge in [-0.1, -0.05) is 25.5 Å². The first kappa shape index (κ1) is 9.77. The van der Waals surface area contributed by atoms with Gasteiger partial charge in [0.1, 0.15) is 0 Å². The Hall–Kier alpha value is -1.77. The van der Waals surface area contributed by atoms with E-state index in [1.54, 1.807) is 17.0 Å². The van der Waals surface area contributed by atoms with Crippen LogP contribution in [0.1, 0.15) is 18.9 Å². The Kier molecular flexibility index (Phi) is 2.72. The standard InChI is InChI=1S/C12H14N2O/c1-2-3-10-4-6-11(7-5-10)14-9-8-13-12(14)15/h4-9H,2-3H2,1H3,(H,13,15). The van der Waals surface area contributed by atoms with Crippen LogP contribution in [0.4, 0.5) is 0 Å². The van der Waals surface area contributed by atoms with Gasteiger partial charge in [-0.3, -0.25) is 4.57 Å². The average molecular weight is 202 g/mol.